The van der Waals surface area contributed by atoms with Crippen LogP contribution in [0.1, 0.15) is 46.0 Å². The van der Waals surface area contributed by atoms with Crippen LogP contribution >= 0.6 is 23.7 Å². The predicted molar refractivity (Wildman–Crippen MR) is 100 cm³/mol. The average Bonchev–Trinajstić information content (AvgIpc) is 3.17. The first-order valence-corrected chi connectivity index (χ1v) is 9.05. The summed E-state index contributed by atoms with van der Waals surface area (Å²) >= 11 is 1.78. The topological polar surface area (TPSA) is 59.0 Å². The van der Waals surface area contributed by atoms with Crippen LogP contribution in [0.15, 0.2) is 24.4 Å². The molecule has 1 amide bonds. The van der Waals surface area contributed by atoms with Gasteiger partial charge >= 0.3 is 0 Å². The summed E-state index contributed by atoms with van der Waals surface area (Å²) in [7, 11) is 0. The zero-order valence-electron chi connectivity index (χ0n) is 14.1. The van der Waals surface area contributed by atoms with Gasteiger partial charge in [-0.1, -0.05) is 0 Å². The molecule has 1 fully saturated rings. The number of nitrogens with one attached hydrogen (secondary N) is 2. The third kappa shape index (κ3) is 4.82. The van der Waals surface area contributed by atoms with Crippen LogP contribution < -0.4 is 10.6 Å². The Morgan fingerprint density at radius 3 is 3.00 bits per heavy atom. The molecule has 1 saturated heterocycles. The first kappa shape index (κ1) is 19.0. The molecular weight excluding hydrogens is 344 g/mol. The van der Waals surface area contributed by atoms with Crippen molar-refractivity contribution in [3.05, 3.63) is 39.8 Å². The Kier molecular flexibility index (Phi) is 6.83. The number of aryl methyl sites for hydroxylation is 1. The molecule has 2 N–H and O–H groups in total. The monoisotopic (exact) mass is 368 g/mol. The van der Waals surface area contributed by atoms with Crippen molar-refractivity contribution < 1.29 is 4.79 Å². The van der Waals surface area contributed by atoms with Gasteiger partial charge in [0.25, 0.3) is 5.91 Å². The van der Waals surface area contributed by atoms with E-state index in [0.717, 1.165) is 32.4 Å². The number of nitrogens with zero attached hydrogens (tertiary/aromatic N) is 2. The Hall–Kier alpha value is -1.37. The van der Waals surface area contributed by atoms with Crippen LogP contribution in [0.2, 0.25) is 0 Å². The molecule has 5 nitrogen and oxygen atoms in total. The van der Waals surface area contributed by atoms with E-state index in [0.29, 0.717) is 11.7 Å². The molecule has 2 unspecified atom stereocenters. The number of rotatable bonds is 5. The summed E-state index contributed by atoms with van der Waals surface area (Å²) in [6.07, 6.45) is 5.05. The van der Waals surface area contributed by atoms with E-state index < -0.39 is 0 Å². The SMILES string of the molecule is Cc1ccc(CC(C)NC(=O)c2ccn(C3CCCNC3)n2)s1.Cl. The maximum Gasteiger partial charge on any atom is 0.271 e. The quantitative estimate of drug-likeness (QED) is 0.853. The summed E-state index contributed by atoms with van der Waals surface area (Å²) in [5.74, 6) is -0.0895. The molecule has 2 aromatic heterocycles. The highest BCUT2D eigenvalue weighted by molar-refractivity contribution is 7.11. The predicted octanol–water partition coefficient (Wildman–Crippen LogP) is 2.96. The van der Waals surface area contributed by atoms with Gasteiger partial charge in [0, 0.05) is 35.0 Å². The Morgan fingerprint density at radius 1 is 1.50 bits per heavy atom. The molecule has 0 aliphatic carbocycles. The number of piperidine rings is 1. The van der Waals surface area contributed by atoms with Crippen LogP contribution in [-0.4, -0.2) is 34.8 Å². The summed E-state index contributed by atoms with van der Waals surface area (Å²) in [6.45, 7) is 6.14. The molecular formula is C17H25ClN4OS. The average molecular weight is 369 g/mol. The van der Waals surface area contributed by atoms with E-state index in [-0.39, 0.29) is 24.4 Å². The van der Waals surface area contributed by atoms with Crippen LogP contribution in [0.3, 0.4) is 0 Å². The van der Waals surface area contributed by atoms with Gasteiger partial charge in [0.05, 0.1) is 6.04 Å². The molecule has 0 aromatic carbocycles. The number of carbonyl (C=O) groups excluding carboxylic acids is 1. The van der Waals surface area contributed by atoms with Crippen molar-refractivity contribution in [2.75, 3.05) is 13.1 Å². The van der Waals surface area contributed by atoms with Gasteiger partial charge < -0.3 is 10.6 Å². The van der Waals surface area contributed by atoms with Gasteiger partial charge in [0.1, 0.15) is 5.69 Å². The number of hydrogen-bond acceptors (Lipinski definition) is 4. The molecule has 0 spiro atoms. The van der Waals surface area contributed by atoms with Crippen molar-refractivity contribution >= 4 is 29.7 Å². The Bertz CT molecular complexity index is 663. The van der Waals surface area contributed by atoms with Crippen molar-refractivity contribution in [2.24, 2.45) is 0 Å². The van der Waals surface area contributed by atoms with Gasteiger partial charge in [-0.25, -0.2) is 0 Å². The third-order valence-corrected chi connectivity index (χ3v) is 5.19. The molecule has 24 heavy (non-hydrogen) atoms. The van der Waals surface area contributed by atoms with Crippen molar-refractivity contribution in [1.29, 1.82) is 0 Å². The van der Waals surface area contributed by atoms with E-state index in [2.05, 4.69) is 34.8 Å². The number of hydrogen-bond donors (Lipinski definition) is 2. The molecule has 7 heteroatoms. The number of thiophene rings is 1. The highest BCUT2D eigenvalue weighted by Gasteiger charge is 2.18. The highest BCUT2D eigenvalue weighted by Crippen LogP contribution is 2.17. The maximum absolute atomic E-state index is 12.3. The second-order valence-electron chi connectivity index (χ2n) is 6.27. The van der Waals surface area contributed by atoms with E-state index >= 15 is 0 Å². The van der Waals surface area contributed by atoms with Crippen molar-refractivity contribution in [2.45, 2.75) is 45.2 Å². The van der Waals surface area contributed by atoms with Crippen LogP contribution in [0.4, 0.5) is 0 Å². The summed E-state index contributed by atoms with van der Waals surface area (Å²) < 4.78 is 1.92. The third-order valence-electron chi connectivity index (χ3n) is 4.17. The van der Waals surface area contributed by atoms with Crippen molar-refractivity contribution in [3.8, 4) is 0 Å². The number of aromatic nitrogens is 2. The molecule has 2 atom stereocenters. The largest absolute Gasteiger partial charge is 0.348 e. The Balaban J connectivity index is 0.00000208. The number of halogens is 1. The van der Waals surface area contributed by atoms with E-state index in [4.69, 9.17) is 0 Å². The van der Waals surface area contributed by atoms with Crippen LogP contribution in [0.5, 0.6) is 0 Å². The molecule has 0 radical (unpaired) electrons. The molecule has 1 aliphatic rings. The van der Waals surface area contributed by atoms with Crippen molar-refractivity contribution in [1.82, 2.24) is 20.4 Å². The summed E-state index contributed by atoms with van der Waals surface area (Å²) in [6, 6.07) is 6.52. The van der Waals surface area contributed by atoms with Crippen LogP contribution in [-0.2, 0) is 6.42 Å². The lowest BCUT2D eigenvalue weighted by atomic mass is 10.1. The lowest BCUT2D eigenvalue weighted by Gasteiger charge is -2.22. The van der Waals surface area contributed by atoms with Gasteiger partial charge in [-0.05, 0) is 51.4 Å². The van der Waals surface area contributed by atoms with Gasteiger partial charge in [-0.3, -0.25) is 9.48 Å². The fourth-order valence-corrected chi connectivity index (χ4v) is 3.99. The maximum atomic E-state index is 12.3. The first-order chi connectivity index (χ1) is 11.1. The lowest BCUT2D eigenvalue weighted by Crippen LogP contribution is -2.35. The number of carbonyl (C=O) groups is 1. The summed E-state index contributed by atoms with van der Waals surface area (Å²) in [5.41, 5.74) is 0.504. The zero-order valence-corrected chi connectivity index (χ0v) is 15.8. The second kappa shape index (κ2) is 8.65. The fourth-order valence-electron chi connectivity index (χ4n) is 2.97. The highest BCUT2D eigenvalue weighted by atomic mass is 35.5. The molecule has 1 aliphatic heterocycles. The van der Waals surface area contributed by atoms with E-state index in [1.807, 2.05) is 23.9 Å². The molecule has 0 bridgehead atoms. The standard InChI is InChI=1S/C17H24N4OS.ClH/c1-12(10-15-6-5-13(2)23-15)19-17(22)16-7-9-21(20-16)14-4-3-8-18-11-14;/h5-7,9,12,14,18H,3-4,8,10-11H2,1-2H3,(H,19,22);1H. The van der Waals surface area contributed by atoms with Gasteiger partial charge in [0.15, 0.2) is 0 Å². The van der Waals surface area contributed by atoms with Gasteiger partial charge in [0.2, 0.25) is 0 Å². The second-order valence-corrected chi connectivity index (χ2v) is 7.64. The molecule has 3 heterocycles. The fraction of sp³-hybridized carbons (Fsp3) is 0.529. The molecule has 0 saturated carbocycles. The van der Waals surface area contributed by atoms with Crippen LogP contribution in [0.25, 0.3) is 0 Å². The lowest BCUT2D eigenvalue weighted by molar-refractivity contribution is 0.0934. The van der Waals surface area contributed by atoms with Gasteiger partial charge in [-0.2, -0.15) is 5.10 Å². The Labute approximate surface area is 153 Å². The number of amides is 1. The molecule has 2 aromatic rings. The van der Waals surface area contributed by atoms with Gasteiger partial charge in [-0.15, -0.1) is 23.7 Å². The Morgan fingerprint density at radius 2 is 2.33 bits per heavy atom. The minimum absolute atomic E-state index is 0. The molecule has 3 rings (SSSR count). The van der Waals surface area contributed by atoms with E-state index in [1.165, 1.54) is 9.75 Å². The minimum Gasteiger partial charge on any atom is -0.348 e. The molecule has 132 valence electrons. The van der Waals surface area contributed by atoms with Crippen molar-refractivity contribution in [3.63, 3.8) is 0 Å². The smallest absolute Gasteiger partial charge is 0.271 e. The normalized spacial score (nSPS) is 18.7. The van der Waals surface area contributed by atoms with E-state index in [1.54, 1.807) is 11.3 Å². The zero-order chi connectivity index (χ0) is 16.2. The summed E-state index contributed by atoms with van der Waals surface area (Å²) in [5, 5.41) is 10.9. The first-order valence-electron chi connectivity index (χ1n) is 8.24. The minimum atomic E-state index is -0.0895. The van der Waals surface area contributed by atoms with E-state index in [9.17, 15) is 4.79 Å². The summed E-state index contributed by atoms with van der Waals surface area (Å²) in [4.78, 5) is 15.0. The van der Waals surface area contributed by atoms with Crippen LogP contribution in [0, 0.1) is 6.92 Å².